The van der Waals surface area contributed by atoms with Gasteiger partial charge in [0.05, 0.1) is 0 Å². The fourth-order valence-electron chi connectivity index (χ4n) is 5.50. The molecule has 3 aromatic rings. The van der Waals surface area contributed by atoms with Gasteiger partial charge in [-0.1, -0.05) is 38.8 Å². The van der Waals surface area contributed by atoms with E-state index in [0.29, 0.717) is 22.9 Å². The number of H-pyrrole nitrogens is 1. The molecule has 2 amide bonds. The second kappa shape index (κ2) is 13.4. The first-order chi connectivity index (χ1) is 19.6. The highest BCUT2D eigenvalue weighted by Gasteiger charge is 2.29. The highest BCUT2D eigenvalue weighted by Crippen LogP contribution is 2.35. The van der Waals surface area contributed by atoms with Crippen molar-refractivity contribution in [2.75, 3.05) is 16.2 Å². The molecule has 3 N–H and O–H groups in total. The zero-order valence-electron chi connectivity index (χ0n) is 25.0. The number of carbonyl (C=O) groups excluding carboxylic acids is 2. The van der Waals surface area contributed by atoms with Crippen molar-refractivity contribution < 1.29 is 9.59 Å². The van der Waals surface area contributed by atoms with Crippen LogP contribution in [-0.4, -0.2) is 28.6 Å². The van der Waals surface area contributed by atoms with Gasteiger partial charge in [0.2, 0.25) is 5.91 Å². The van der Waals surface area contributed by atoms with Crippen LogP contribution in [0.25, 0.3) is 11.1 Å². The van der Waals surface area contributed by atoms with Crippen LogP contribution in [0.3, 0.4) is 0 Å². The smallest absolute Gasteiger partial charge is 0.253 e. The third-order valence-corrected chi connectivity index (χ3v) is 8.58. The molecule has 1 saturated carbocycles. The molecular weight excluding hydrogens is 532 g/mol. The third kappa shape index (κ3) is 7.22. The fraction of sp³-hybridized carbons (Fsp3) is 0.424. The fourth-order valence-corrected chi connectivity index (χ4v) is 6.01. The maximum absolute atomic E-state index is 13.7. The van der Waals surface area contributed by atoms with Crippen molar-refractivity contribution in [1.82, 2.24) is 10.3 Å². The standard InChI is InChI=1S/C33H42N4O3S/c1-7-37(33(40)25-10-8-9-11-25)30-18-26(24-12-14-27(15-13-24)36-41-20(2)3)17-28(23(30)6)31(38)34-19-29-21(4)16-22(5)35-32(29)39/h12-18,20,25,36H,7-11,19H2,1-6H3,(H,34,38)(H,35,39). The normalized spacial score (nSPS) is 13.4. The summed E-state index contributed by atoms with van der Waals surface area (Å²) in [6.45, 7) is 12.5. The van der Waals surface area contributed by atoms with Gasteiger partial charge in [0, 0.05) is 52.5 Å². The van der Waals surface area contributed by atoms with Crippen LogP contribution in [0.15, 0.2) is 47.3 Å². The Bertz CT molecular complexity index is 1460. The summed E-state index contributed by atoms with van der Waals surface area (Å²) in [5.41, 5.74) is 6.78. The molecule has 1 aliphatic rings. The molecule has 218 valence electrons. The van der Waals surface area contributed by atoms with E-state index in [2.05, 4.69) is 28.9 Å². The summed E-state index contributed by atoms with van der Waals surface area (Å²) in [5, 5.41) is 3.42. The van der Waals surface area contributed by atoms with Gasteiger partial charge in [-0.05, 0) is 105 Å². The predicted octanol–water partition coefficient (Wildman–Crippen LogP) is 6.91. The molecule has 1 aliphatic carbocycles. The molecule has 0 atom stereocenters. The van der Waals surface area contributed by atoms with Crippen LogP contribution in [-0.2, 0) is 11.3 Å². The van der Waals surface area contributed by atoms with Gasteiger partial charge in [-0.15, -0.1) is 0 Å². The van der Waals surface area contributed by atoms with Gasteiger partial charge in [0.1, 0.15) is 0 Å². The lowest BCUT2D eigenvalue weighted by Gasteiger charge is -2.28. The molecule has 41 heavy (non-hydrogen) atoms. The van der Waals surface area contributed by atoms with Crippen molar-refractivity contribution in [2.24, 2.45) is 5.92 Å². The molecule has 0 bridgehead atoms. The number of aromatic nitrogens is 1. The highest BCUT2D eigenvalue weighted by atomic mass is 32.2. The molecule has 7 nitrogen and oxygen atoms in total. The lowest BCUT2D eigenvalue weighted by Crippen LogP contribution is -2.36. The number of hydrogen-bond acceptors (Lipinski definition) is 5. The van der Waals surface area contributed by atoms with Gasteiger partial charge in [-0.25, -0.2) is 0 Å². The van der Waals surface area contributed by atoms with Gasteiger partial charge in [-0.3, -0.25) is 14.4 Å². The number of aromatic amines is 1. The minimum atomic E-state index is -0.277. The third-order valence-electron chi connectivity index (χ3n) is 7.75. The predicted molar refractivity (Wildman–Crippen MR) is 171 cm³/mol. The number of nitrogens with zero attached hydrogens (tertiary/aromatic N) is 1. The Hall–Kier alpha value is -3.52. The molecule has 0 aliphatic heterocycles. The van der Waals surface area contributed by atoms with Gasteiger partial charge < -0.3 is 19.9 Å². The van der Waals surface area contributed by atoms with Crippen molar-refractivity contribution >= 4 is 35.1 Å². The Morgan fingerprint density at radius 3 is 2.32 bits per heavy atom. The van der Waals surface area contributed by atoms with Gasteiger partial charge in [0.15, 0.2) is 0 Å². The van der Waals surface area contributed by atoms with Gasteiger partial charge >= 0.3 is 0 Å². The number of nitrogens with one attached hydrogen (secondary N) is 3. The Balaban J connectivity index is 1.71. The Morgan fingerprint density at radius 2 is 1.71 bits per heavy atom. The Labute approximate surface area is 247 Å². The van der Waals surface area contributed by atoms with E-state index in [1.54, 1.807) is 11.9 Å². The highest BCUT2D eigenvalue weighted by molar-refractivity contribution is 8.01. The number of anilines is 2. The Kier molecular flexibility index (Phi) is 9.97. The second-order valence-corrected chi connectivity index (χ2v) is 12.6. The largest absolute Gasteiger partial charge is 0.348 e. The van der Waals surface area contributed by atoms with Crippen LogP contribution in [0.1, 0.15) is 79.2 Å². The van der Waals surface area contributed by atoms with Crippen molar-refractivity contribution in [3.05, 3.63) is 80.8 Å². The molecule has 0 radical (unpaired) electrons. The monoisotopic (exact) mass is 574 g/mol. The number of amides is 2. The summed E-state index contributed by atoms with van der Waals surface area (Å²) < 4.78 is 3.36. The van der Waals surface area contributed by atoms with Crippen LogP contribution < -0.4 is 20.5 Å². The van der Waals surface area contributed by atoms with E-state index in [0.717, 1.165) is 65.0 Å². The maximum atomic E-state index is 13.7. The lowest BCUT2D eigenvalue weighted by molar-refractivity contribution is -0.122. The molecule has 4 rings (SSSR count). The summed E-state index contributed by atoms with van der Waals surface area (Å²) in [4.78, 5) is 44.5. The van der Waals surface area contributed by atoms with Crippen molar-refractivity contribution in [3.63, 3.8) is 0 Å². The summed E-state index contributed by atoms with van der Waals surface area (Å²) >= 11 is 1.65. The first-order valence-electron chi connectivity index (χ1n) is 14.5. The van der Waals surface area contributed by atoms with Crippen LogP contribution in [0.5, 0.6) is 0 Å². The van der Waals surface area contributed by atoms with Crippen molar-refractivity contribution in [1.29, 1.82) is 0 Å². The zero-order chi connectivity index (χ0) is 29.7. The van der Waals surface area contributed by atoms with Gasteiger partial charge in [-0.2, -0.15) is 0 Å². The van der Waals surface area contributed by atoms with E-state index in [1.165, 1.54) is 0 Å². The van der Waals surface area contributed by atoms with Gasteiger partial charge in [0.25, 0.3) is 11.5 Å². The summed E-state index contributed by atoms with van der Waals surface area (Å²) in [6.07, 6.45) is 3.98. The summed E-state index contributed by atoms with van der Waals surface area (Å²) in [5.74, 6) is -0.125. The quantitative estimate of drug-likeness (QED) is 0.229. The minimum Gasteiger partial charge on any atom is -0.348 e. The molecule has 0 saturated heterocycles. The minimum absolute atomic E-state index is 0.0235. The topological polar surface area (TPSA) is 94.3 Å². The average Bonchev–Trinajstić information content (AvgIpc) is 3.48. The van der Waals surface area contributed by atoms with Crippen LogP contribution in [0.2, 0.25) is 0 Å². The number of carbonyl (C=O) groups is 2. The molecule has 0 unspecified atom stereocenters. The molecule has 2 aromatic carbocycles. The Morgan fingerprint density at radius 1 is 1.02 bits per heavy atom. The number of pyridine rings is 1. The summed E-state index contributed by atoms with van der Waals surface area (Å²) in [7, 11) is 0. The molecule has 1 fully saturated rings. The first kappa shape index (κ1) is 30.4. The second-order valence-electron chi connectivity index (χ2n) is 11.2. The SMILES string of the molecule is CCN(C(=O)C1CCCC1)c1cc(-c2ccc(NSC(C)C)cc2)cc(C(=O)NCc2c(C)cc(C)[nH]c2=O)c1C. The molecule has 1 aromatic heterocycles. The zero-order valence-corrected chi connectivity index (χ0v) is 25.8. The van der Waals surface area contributed by atoms with Crippen LogP contribution in [0, 0.1) is 26.7 Å². The van der Waals surface area contributed by atoms with Crippen LogP contribution >= 0.6 is 11.9 Å². The molecule has 0 spiro atoms. The number of hydrogen-bond donors (Lipinski definition) is 3. The molecule has 8 heteroatoms. The molecular formula is C33H42N4O3S. The maximum Gasteiger partial charge on any atom is 0.253 e. The van der Waals surface area contributed by atoms with E-state index >= 15 is 0 Å². The van der Waals surface area contributed by atoms with Crippen LogP contribution in [0.4, 0.5) is 11.4 Å². The number of aryl methyl sites for hydroxylation is 2. The average molecular weight is 575 g/mol. The number of benzene rings is 2. The number of rotatable bonds is 10. The first-order valence-corrected chi connectivity index (χ1v) is 15.4. The summed E-state index contributed by atoms with van der Waals surface area (Å²) in [6, 6.07) is 13.9. The van der Waals surface area contributed by atoms with E-state index < -0.39 is 0 Å². The van der Waals surface area contributed by atoms with Crippen molar-refractivity contribution in [3.8, 4) is 11.1 Å². The van der Waals surface area contributed by atoms with E-state index in [4.69, 9.17) is 0 Å². The van der Waals surface area contributed by atoms with E-state index in [1.807, 2.05) is 75.1 Å². The van der Waals surface area contributed by atoms with E-state index in [9.17, 15) is 14.4 Å². The lowest BCUT2D eigenvalue weighted by atomic mass is 9.95. The van der Waals surface area contributed by atoms with E-state index in [-0.39, 0.29) is 29.8 Å². The molecule has 1 heterocycles. The van der Waals surface area contributed by atoms with Crippen molar-refractivity contribution in [2.45, 2.75) is 79.0 Å².